The Morgan fingerprint density at radius 1 is 1.30 bits per heavy atom. The molecule has 0 atom stereocenters. The number of halogens is 3. The Balaban J connectivity index is 0.00000242. The van der Waals surface area contributed by atoms with Crippen LogP contribution in [0.3, 0.4) is 0 Å². The van der Waals surface area contributed by atoms with Gasteiger partial charge in [-0.25, -0.2) is 13.1 Å². The zero-order valence-electron chi connectivity index (χ0n) is 12.3. The average Bonchev–Trinajstić information content (AvgIpc) is 2.48. The van der Waals surface area contributed by atoms with Crippen LogP contribution < -0.4 is 10.0 Å². The first kappa shape index (κ1) is 22.4. The summed E-state index contributed by atoms with van der Waals surface area (Å²) in [6.45, 7) is 4.69. The lowest BCUT2D eigenvalue weighted by atomic mass is 10.2. The molecule has 2 rings (SSSR count). The van der Waals surface area contributed by atoms with Crippen LogP contribution in [0.1, 0.15) is 5.56 Å². The van der Waals surface area contributed by atoms with E-state index in [-0.39, 0.29) is 40.3 Å². The Hall–Kier alpha value is -0.590. The van der Waals surface area contributed by atoms with E-state index in [1.165, 1.54) is 18.2 Å². The van der Waals surface area contributed by atoms with Crippen LogP contribution in [0.15, 0.2) is 23.1 Å². The molecule has 0 saturated carbocycles. The number of piperazine rings is 1. The second-order valence-electron chi connectivity index (χ2n) is 4.74. The van der Waals surface area contributed by atoms with Gasteiger partial charge < -0.3 is 5.32 Å². The molecule has 1 aromatic carbocycles. The standard InChI is InChI=1S/C13H17ClN4O2S.2ClH/c14-13-2-1-12(9-11(13)10-15)21(19,20)17-5-8-18-6-3-16-4-7-18;;/h1-2,9,16-17H,3-8H2;2*1H. The number of nitriles is 1. The summed E-state index contributed by atoms with van der Waals surface area (Å²) < 4.78 is 26.9. The van der Waals surface area contributed by atoms with Gasteiger partial charge in [-0.05, 0) is 18.2 Å². The van der Waals surface area contributed by atoms with Crippen molar-refractivity contribution in [3.8, 4) is 6.07 Å². The number of sulfonamides is 1. The molecule has 130 valence electrons. The van der Waals surface area contributed by atoms with Gasteiger partial charge >= 0.3 is 0 Å². The van der Waals surface area contributed by atoms with Gasteiger partial charge in [-0.2, -0.15) is 5.26 Å². The number of hydrogen-bond donors (Lipinski definition) is 2. The maximum atomic E-state index is 12.2. The molecule has 1 aliphatic rings. The Morgan fingerprint density at radius 3 is 2.57 bits per heavy atom. The highest BCUT2D eigenvalue weighted by molar-refractivity contribution is 7.89. The van der Waals surface area contributed by atoms with Gasteiger partial charge in [0.1, 0.15) is 6.07 Å². The Bertz CT molecular complexity index is 643. The lowest BCUT2D eigenvalue weighted by molar-refractivity contribution is 0.245. The summed E-state index contributed by atoms with van der Waals surface area (Å²) in [4.78, 5) is 2.26. The summed E-state index contributed by atoms with van der Waals surface area (Å²) in [6, 6.07) is 5.98. The fourth-order valence-corrected chi connectivity index (χ4v) is 3.32. The molecule has 2 N–H and O–H groups in total. The highest BCUT2D eigenvalue weighted by atomic mass is 35.5. The second kappa shape index (κ2) is 10.3. The predicted molar refractivity (Wildman–Crippen MR) is 95.2 cm³/mol. The number of hydrogen-bond acceptors (Lipinski definition) is 5. The Labute approximate surface area is 154 Å². The van der Waals surface area contributed by atoms with Gasteiger partial charge in [-0.3, -0.25) is 4.90 Å². The van der Waals surface area contributed by atoms with Crippen molar-refractivity contribution in [1.82, 2.24) is 14.9 Å². The molecule has 10 heteroatoms. The van der Waals surface area contributed by atoms with Crippen LogP contribution in [0.5, 0.6) is 0 Å². The highest BCUT2D eigenvalue weighted by Crippen LogP contribution is 2.19. The van der Waals surface area contributed by atoms with Crippen molar-refractivity contribution in [2.24, 2.45) is 0 Å². The lowest BCUT2D eigenvalue weighted by Gasteiger charge is -2.27. The number of benzene rings is 1. The van der Waals surface area contributed by atoms with E-state index in [2.05, 4.69) is 14.9 Å². The molecule has 0 amide bonds. The van der Waals surface area contributed by atoms with Crippen LogP contribution in [-0.2, 0) is 10.0 Å². The SMILES string of the molecule is Cl.Cl.N#Cc1cc(S(=O)(=O)NCCN2CCNCC2)ccc1Cl. The van der Waals surface area contributed by atoms with Crippen molar-refractivity contribution in [1.29, 1.82) is 5.26 Å². The van der Waals surface area contributed by atoms with Crippen molar-refractivity contribution in [2.45, 2.75) is 4.90 Å². The zero-order chi connectivity index (χ0) is 15.3. The molecule has 0 bridgehead atoms. The van der Waals surface area contributed by atoms with E-state index in [4.69, 9.17) is 16.9 Å². The van der Waals surface area contributed by atoms with Crippen LogP contribution in [0.25, 0.3) is 0 Å². The summed E-state index contributed by atoms with van der Waals surface area (Å²) in [6.07, 6.45) is 0. The monoisotopic (exact) mass is 400 g/mol. The maximum absolute atomic E-state index is 12.2. The van der Waals surface area contributed by atoms with E-state index in [0.717, 1.165) is 26.2 Å². The summed E-state index contributed by atoms with van der Waals surface area (Å²) in [5.41, 5.74) is 0.154. The molecule has 23 heavy (non-hydrogen) atoms. The van der Waals surface area contributed by atoms with Gasteiger partial charge in [0.05, 0.1) is 15.5 Å². The molecule has 0 unspecified atom stereocenters. The molecule has 0 radical (unpaired) electrons. The van der Waals surface area contributed by atoms with Crippen molar-refractivity contribution < 1.29 is 8.42 Å². The van der Waals surface area contributed by atoms with E-state index in [0.29, 0.717) is 13.1 Å². The Morgan fingerprint density at radius 2 is 1.96 bits per heavy atom. The van der Waals surface area contributed by atoms with Crippen LogP contribution in [0.2, 0.25) is 5.02 Å². The molecule has 1 aliphatic heterocycles. The number of nitrogens with one attached hydrogen (secondary N) is 2. The summed E-state index contributed by atoms with van der Waals surface area (Å²) >= 11 is 5.80. The van der Waals surface area contributed by atoms with Gasteiger partial charge in [0.25, 0.3) is 0 Å². The summed E-state index contributed by atoms with van der Waals surface area (Å²) in [5.74, 6) is 0. The van der Waals surface area contributed by atoms with Crippen molar-refractivity contribution in [3.63, 3.8) is 0 Å². The minimum absolute atomic E-state index is 0. The lowest BCUT2D eigenvalue weighted by Crippen LogP contribution is -2.46. The largest absolute Gasteiger partial charge is 0.314 e. The Kier molecular flexibility index (Phi) is 10.0. The first-order chi connectivity index (χ1) is 10.0. The molecule has 0 spiro atoms. The normalized spacial score (nSPS) is 15.1. The molecule has 1 heterocycles. The van der Waals surface area contributed by atoms with Crippen LogP contribution in [-0.4, -0.2) is 52.6 Å². The molecule has 1 saturated heterocycles. The van der Waals surface area contributed by atoms with E-state index in [1.807, 2.05) is 6.07 Å². The van der Waals surface area contributed by atoms with Crippen molar-refractivity contribution in [2.75, 3.05) is 39.3 Å². The maximum Gasteiger partial charge on any atom is 0.240 e. The highest BCUT2D eigenvalue weighted by Gasteiger charge is 2.16. The summed E-state index contributed by atoms with van der Waals surface area (Å²) in [7, 11) is -3.61. The molecular weight excluding hydrogens is 383 g/mol. The van der Waals surface area contributed by atoms with Crippen LogP contribution in [0, 0.1) is 11.3 Å². The van der Waals surface area contributed by atoms with E-state index >= 15 is 0 Å². The van der Waals surface area contributed by atoms with Gasteiger partial charge in [-0.15, -0.1) is 24.8 Å². The molecule has 1 fully saturated rings. The van der Waals surface area contributed by atoms with Crippen LogP contribution >= 0.6 is 36.4 Å². The van der Waals surface area contributed by atoms with Gasteiger partial charge in [0, 0.05) is 39.3 Å². The van der Waals surface area contributed by atoms with E-state index in [9.17, 15) is 8.42 Å². The minimum Gasteiger partial charge on any atom is -0.314 e. The van der Waals surface area contributed by atoms with Gasteiger partial charge in [-0.1, -0.05) is 11.6 Å². The van der Waals surface area contributed by atoms with Gasteiger partial charge in [0.15, 0.2) is 0 Å². The third-order valence-electron chi connectivity index (χ3n) is 3.30. The molecule has 0 aromatic heterocycles. The summed E-state index contributed by atoms with van der Waals surface area (Å²) in [5, 5.41) is 12.4. The zero-order valence-corrected chi connectivity index (χ0v) is 15.5. The van der Waals surface area contributed by atoms with E-state index in [1.54, 1.807) is 0 Å². The fraction of sp³-hybridized carbons (Fsp3) is 0.462. The topological polar surface area (TPSA) is 85.2 Å². The molecule has 6 nitrogen and oxygen atoms in total. The smallest absolute Gasteiger partial charge is 0.240 e. The first-order valence-electron chi connectivity index (χ1n) is 6.65. The average molecular weight is 402 g/mol. The predicted octanol–water partition coefficient (Wildman–Crippen LogP) is 1.24. The third-order valence-corrected chi connectivity index (χ3v) is 5.09. The third kappa shape index (κ3) is 6.43. The van der Waals surface area contributed by atoms with E-state index < -0.39 is 10.0 Å². The number of nitrogens with zero attached hydrogens (tertiary/aromatic N) is 2. The fourth-order valence-electron chi connectivity index (χ4n) is 2.11. The van der Waals surface area contributed by atoms with Crippen molar-refractivity contribution >= 4 is 46.4 Å². The second-order valence-corrected chi connectivity index (χ2v) is 6.92. The molecule has 0 aliphatic carbocycles. The van der Waals surface area contributed by atoms with Crippen molar-refractivity contribution in [3.05, 3.63) is 28.8 Å². The van der Waals surface area contributed by atoms with Crippen LogP contribution in [0.4, 0.5) is 0 Å². The molecular formula is C13H19Cl3N4O2S. The molecule has 1 aromatic rings. The first-order valence-corrected chi connectivity index (χ1v) is 8.51. The number of rotatable bonds is 5. The quantitative estimate of drug-likeness (QED) is 0.775. The minimum atomic E-state index is -3.61. The van der Waals surface area contributed by atoms with Gasteiger partial charge in [0.2, 0.25) is 10.0 Å².